The van der Waals surface area contributed by atoms with Crippen LogP contribution in [0, 0.1) is 11.7 Å². The van der Waals surface area contributed by atoms with Crippen molar-refractivity contribution in [2.75, 3.05) is 36.0 Å². The third kappa shape index (κ3) is 5.21. The minimum atomic E-state index is -1.08. The molecular formula is C21H26FN6O5+. The molecule has 1 aromatic carbocycles. The molecule has 0 unspecified atom stereocenters. The predicted octanol–water partition coefficient (Wildman–Crippen LogP) is 0.912. The molecule has 33 heavy (non-hydrogen) atoms. The fraction of sp³-hybridized carbons (Fsp3) is 0.476. The van der Waals surface area contributed by atoms with Crippen LogP contribution in [0.25, 0.3) is 0 Å². The number of aromatic nitrogens is 3. The Morgan fingerprint density at radius 3 is 2.76 bits per heavy atom. The number of carbonyl (C=O) groups excluding carboxylic acids is 2. The Balaban J connectivity index is 1.33. The zero-order valence-corrected chi connectivity index (χ0v) is 18.2. The van der Waals surface area contributed by atoms with E-state index in [9.17, 15) is 18.8 Å². The van der Waals surface area contributed by atoms with E-state index in [0.29, 0.717) is 36.9 Å². The maximum absolute atomic E-state index is 14.9. The second kappa shape index (κ2) is 9.43. The standard InChI is InChI=1S/C21H25FN6O5/c1-13(29)23-9-16-11-28(21(32)33-16)15-2-3-19(17(22)8-15)26-6-4-14(5-7-26)10-27-12-18(20(30)31)24-25-27/h2-3,8,12,14,16H,4-7,9-11H2,1H3,(H2,23,29,30,31)/p+1/t16-/m0/s1. The molecule has 1 atom stereocenters. The van der Waals surface area contributed by atoms with E-state index in [1.54, 1.807) is 16.8 Å². The lowest BCUT2D eigenvalue weighted by Crippen LogP contribution is -2.43. The number of carbonyl (C=O) groups is 3. The topological polar surface area (TPSA) is 132 Å². The minimum Gasteiger partial charge on any atom is -0.475 e. The third-order valence-corrected chi connectivity index (χ3v) is 5.90. The number of rotatable bonds is 7. The number of anilines is 2. The van der Waals surface area contributed by atoms with Gasteiger partial charge in [-0.25, -0.2) is 14.0 Å². The average molecular weight is 461 g/mol. The normalized spacial score (nSPS) is 19.0. The molecule has 2 aliphatic heterocycles. The number of ether oxygens (including phenoxy) is 1. The summed E-state index contributed by atoms with van der Waals surface area (Å²) in [4.78, 5) is 37.5. The van der Waals surface area contributed by atoms with E-state index in [-0.39, 0.29) is 24.7 Å². The third-order valence-electron chi connectivity index (χ3n) is 5.90. The van der Waals surface area contributed by atoms with Gasteiger partial charge in [0.15, 0.2) is 6.20 Å². The highest BCUT2D eigenvalue weighted by Gasteiger charge is 2.33. The highest BCUT2D eigenvalue weighted by atomic mass is 19.1. The van der Waals surface area contributed by atoms with Crippen molar-refractivity contribution >= 4 is 29.3 Å². The molecule has 0 bridgehead atoms. The van der Waals surface area contributed by atoms with Crippen molar-refractivity contribution in [1.82, 2.24) is 15.6 Å². The molecule has 11 nitrogen and oxygen atoms in total. The molecular weight excluding hydrogens is 435 g/mol. The quantitative estimate of drug-likeness (QED) is 0.522. The van der Waals surface area contributed by atoms with Gasteiger partial charge in [0, 0.05) is 25.9 Å². The summed E-state index contributed by atoms with van der Waals surface area (Å²) in [5.41, 5.74) is 0.853. The molecule has 4 rings (SSSR count). The van der Waals surface area contributed by atoms with Gasteiger partial charge < -0.3 is 20.1 Å². The number of benzene rings is 1. The number of aromatic amines is 1. The molecule has 2 aromatic rings. The van der Waals surface area contributed by atoms with Crippen molar-refractivity contribution in [2.45, 2.75) is 32.4 Å². The number of H-pyrrole nitrogens is 1. The Kier molecular flexibility index (Phi) is 6.43. The first-order chi connectivity index (χ1) is 15.8. The van der Waals surface area contributed by atoms with Crippen molar-refractivity contribution < 1.29 is 33.3 Å². The molecule has 176 valence electrons. The molecule has 2 saturated heterocycles. The summed E-state index contributed by atoms with van der Waals surface area (Å²) in [6.07, 6.45) is 2.05. The van der Waals surface area contributed by atoms with Crippen LogP contribution in [0.2, 0.25) is 0 Å². The summed E-state index contributed by atoms with van der Waals surface area (Å²) in [5.74, 6) is -1.39. The van der Waals surface area contributed by atoms with Crippen LogP contribution in [-0.2, 0) is 16.1 Å². The van der Waals surface area contributed by atoms with E-state index in [0.717, 1.165) is 12.8 Å². The fourth-order valence-corrected chi connectivity index (χ4v) is 4.17. The molecule has 1 aromatic heterocycles. The van der Waals surface area contributed by atoms with Crippen molar-refractivity contribution in [3.05, 3.63) is 35.9 Å². The van der Waals surface area contributed by atoms with Crippen LogP contribution in [0.3, 0.4) is 0 Å². The van der Waals surface area contributed by atoms with Gasteiger partial charge >= 0.3 is 17.8 Å². The summed E-state index contributed by atoms with van der Waals surface area (Å²) >= 11 is 0. The van der Waals surface area contributed by atoms with Gasteiger partial charge in [0.1, 0.15) is 18.5 Å². The van der Waals surface area contributed by atoms with Crippen LogP contribution in [0.4, 0.5) is 20.6 Å². The lowest BCUT2D eigenvalue weighted by Gasteiger charge is -2.33. The second-order valence-electron chi connectivity index (χ2n) is 8.30. The Morgan fingerprint density at radius 1 is 1.36 bits per heavy atom. The summed E-state index contributed by atoms with van der Waals surface area (Å²) in [5, 5.41) is 18.0. The van der Waals surface area contributed by atoms with Gasteiger partial charge in [-0.3, -0.25) is 9.69 Å². The van der Waals surface area contributed by atoms with Gasteiger partial charge in [-0.05, 0) is 31.0 Å². The van der Waals surface area contributed by atoms with Crippen molar-refractivity contribution in [1.29, 1.82) is 0 Å². The molecule has 2 aliphatic rings. The van der Waals surface area contributed by atoms with Gasteiger partial charge in [-0.2, -0.15) is 4.68 Å². The number of hydrogen-bond donors (Lipinski definition) is 3. The van der Waals surface area contributed by atoms with E-state index >= 15 is 0 Å². The van der Waals surface area contributed by atoms with Crippen molar-refractivity contribution in [3.63, 3.8) is 0 Å². The Hall–Kier alpha value is -3.70. The minimum absolute atomic E-state index is 0.0297. The second-order valence-corrected chi connectivity index (χ2v) is 8.30. The summed E-state index contributed by atoms with van der Waals surface area (Å²) < 4.78 is 21.8. The number of amides is 2. The van der Waals surface area contributed by atoms with E-state index < -0.39 is 24.0 Å². The van der Waals surface area contributed by atoms with Crippen LogP contribution in [0.15, 0.2) is 24.4 Å². The summed E-state index contributed by atoms with van der Waals surface area (Å²) in [7, 11) is 0. The van der Waals surface area contributed by atoms with Crippen LogP contribution >= 0.6 is 0 Å². The Bertz CT molecular complexity index is 1050. The summed E-state index contributed by atoms with van der Waals surface area (Å²) in [6.45, 7) is 3.76. The van der Waals surface area contributed by atoms with Crippen molar-refractivity contribution in [3.8, 4) is 0 Å². The van der Waals surface area contributed by atoms with Gasteiger partial charge in [0.25, 0.3) is 0 Å². The van der Waals surface area contributed by atoms with Crippen LogP contribution < -0.4 is 19.8 Å². The number of piperidine rings is 1. The van der Waals surface area contributed by atoms with Gasteiger partial charge in [0.2, 0.25) is 5.91 Å². The van der Waals surface area contributed by atoms with Gasteiger partial charge in [-0.15, -0.1) is 0 Å². The SMILES string of the molecule is CC(=O)NC[C@H]1CN(c2ccc(N3CCC(C[n+]4cc(C(=O)O)n[nH]4)CC3)c(F)c2)C(=O)O1. The van der Waals surface area contributed by atoms with Crippen LogP contribution in [0.5, 0.6) is 0 Å². The number of nitrogens with one attached hydrogen (secondary N) is 2. The highest BCUT2D eigenvalue weighted by Crippen LogP contribution is 2.30. The average Bonchev–Trinajstić information content (AvgIpc) is 3.39. The number of cyclic esters (lactones) is 1. The van der Waals surface area contributed by atoms with Crippen LogP contribution in [0.1, 0.15) is 30.3 Å². The smallest absolute Gasteiger partial charge is 0.414 e. The van der Waals surface area contributed by atoms with Crippen molar-refractivity contribution in [2.24, 2.45) is 5.92 Å². The molecule has 0 saturated carbocycles. The largest absolute Gasteiger partial charge is 0.475 e. The number of carboxylic acid groups (broad SMARTS) is 1. The number of nitrogens with zero attached hydrogens (tertiary/aromatic N) is 4. The fourth-order valence-electron chi connectivity index (χ4n) is 4.17. The molecule has 3 heterocycles. The summed E-state index contributed by atoms with van der Waals surface area (Å²) in [6, 6.07) is 4.69. The number of hydrogen-bond acceptors (Lipinski definition) is 6. The maximum Gasteiger partial charge on any atom is 0.414 e. The van der Waals surface area contributed by atoms with Gasteiger partial charge in [-0.1, -0.05) is 5.21 Å². The lowest BCUT2D eigenvalue weighted by atomic mass is 9.96. The Morgan fingerprint density at radius 2 is 2.12 bits per heavy atom. The molecule has 2 amide bonds. The molecule has 0 aliphatic carbocycles. The van der Waals surface area contributed by atoms with E-state index in [1.165, 1.54) is 24.1 Å². The maximum atomic E-state index is 14.9. The first-order valence-electron chi connectivity index (χ1n) is 10.8. The highest BCUT2D eigenvalue weighted by molar-refractivity contribution is 5.90. The van der Waals surface area contributed by atoms with Crippen LogP contribution in [-0.4, -0.2) is 65.7 Å². The zero-order chi connectivity index (χ0) is 23.5. The number of carboxylic acids is 1. The molecule has 3 N–H and O–H groups in total. The van der Waals surface area contributed by atoms with E-state index in [1.807, 2.05) is 4.90 Å². The molecule has 2 fully saturated rings. The van der Waals surface area contributed by atoms with Gasteiger partial charge in [0.05, 0.1) is 29.6 Å². The molecule has 12 heteroatoms. The molecule has 0 radical (unpaired) electrons. The predicted molar refractivity (Wildman–Crippen MR) is 113 cm³/mol. The lowest BCUT2D eigenvalue weighted by molar-refractivity contribution is -0.759. The number of aromatic carboxylic acids is 1. The monoisotopic (exact) mass is 461 g/mol. The number of halogens is 1. The Labute approximate surface area is 189 Å². The zero-order valence-electron chi connectivity index (χ0n) is 18.2. The van der Waals surface area contributed by atoms with E-state index in [4.69, 9.17) is 9.84 Å². The molecule has 0 spiro atoms. The first kappa shape index (κ1) is 22.5. The van der Waals surface area contributed by atoms with E-state index in [2.05, 4.69) is 15.6 Å². The first-order valence-corrected chi connectivity index (χ1v) is 10.8.